The molecule has 0 spiro atoms. The highest BCUT2D eigenvalue weighted by molar-refractivity contribution is 7.91. The number of amides is 1. The second-order valence-electron chi connectivity index (χ2n) is 11.6. The number of nitrogens with one attached hydrogen (secondary N) is 1. The SMILES string of the molecule is O=C(N[C@H]1C2CC3CC1C[C@@](O)(C3)C2)c1cnc(N2CCS(=O)(=O)CC2)nc1C1CCCCC1. The van der Waals surface area contributed by atoms with Crippen LogP contribution in [0.1, 0.15) is 86.2 Å². The van der Waals surface area contributed by atoms with E-state index in [2.05, 4.69) is 10.3 Å². The predicted molar refractivity (Wildman–Crippen MR) is 128 cm³/mol. The number of hydrogen-bond acceptors (Lipinski definition) is 7. The van der Waals surface area contributed by atoms with Crippen molar-refractivity contribution in [3.63, 3.8) is 0 Å². The van der Waals surface area contributed by atoms with Crippen molar-refractivity contribution in [1.29, 1.82) is 0 Å². The number of nitrogens with zero attached hydrogens (tertiary/aromatic N) is 3. The Labute approximate surface area is 201 Å². The molecule has 8 nitrogen and oxygen atoms in total. The fourth-order valence-corrected chi connectivity index (χ4v) is 8.96. The molecule has 9 heteroatoms. The third-order valence-corrected chi connectivity index (χ3v) is 10.8. The molecule has 0 aromatic carbocycles. The minimum absolute atomic E-state index is 0.0854. The van der Waals surface area contributed by atoms with Crippen LogP contribution >= 0.6 is 0 Å². The predicted octanol–water partition coefficient (Wildman–Crippen LogP) is 2.43. The summed E-state index contributed by atoms with van der Waals surface area (Å²) in [5.74, 6) is 2.25. The van der Waals surface area contributed by atoms with Crippen LogP contribution in [0.4, 0.5) is 5.95 Å². The molecule has 5 saturated carbocycles. The van der Waals surface area contributed by atoms with Gasteiger partial charge in [0.25, 0.3) is 5.91 Å². The monoisotopic (exact) mass is 488 g/mol. The molecule has 1 aromatic heterocycles. The van der Waals surface area contributed by atoms with Crippen molar-refractivity contribution in [2.75, 3.05) is 29.5 Å². The van der Waals surface area contributed by atoms with Crippen molar-refractivity contribution in [2.24, 2.45) is 17.8 Å². The van der Waals surface area contributed by atoms with E-state index in [1.807, 2.05) is 4.90 Å². The summed E-state index contributed by atoms with van der Waals surface area (Å²) >= 11 is 0. The van der Waals surface area contributed by atoms with Crippen molar-refractivity contribution < 1.29 is 18.3 Å². The summed E-state index contributed by atoms with van der Waals surface area (Å²) in [5, 5.41) is 14.3. The third-order valence-electron chi connectivity index (χ3n) is 9.21. The molecule has 6 fully saturated rings. The van der Waals surface area contributed by atoms with E-state index in [0.717, 1.165) is 63.5 Å². The first-order chi connectivity index (χ1) is 16.3. The van der Waals surface area contributed by atoms with Crippen LogP contribution in [0, 0.1) is 17.8 Å². The Kier molecular flexibility index (Phi) is 5.63. The normalized spacial score (nSPS) is 37.0. The Morgan fingerprint density at radius 3 is 2.38 bits per heavy atom. The van der Waals surface area contributed by atoms with Crippen LogP contribution in [0.15, 0.2) is 6.20 Å². The standard InChI is InChI=1S/C25H36N4O4S/c30-23(27-21-18-10-16-11-19(21)14-25(31,12-16)13-18)20-15-26-24(29-6-8-34(32,33)9-7-29)28-22(20)17-4-2-1-3-5-17/h15-19,21,31H,1-14H2,(H,27,30)/t16?,18?,19?,21-,25+. The van der Waals surface area contributed by atoms with Crippen LogP contribution < -0.4 is 10.2 Å². The zero-order valence-electron chi connectivity index (χ0n) is 19.8. The molecule has 1 aromatic rings. The Bertz CT molecular complexity index is 1040. The van der Waals surface area contributed by atoms with Gasteiger partial charge in [0, 0.05) is 31.2 Å². The van der Waals surface area contributed by atoms with E-state index in [4.69, 9.17) is 4.98 Å². The van der Waals surface area contributed by atoms with Crippen LogP contribution in [0.3, 0.4) is 0 Å². The third kappa shape index (κ3) is 4.23. The molecule has 4 bridgehead atoms. The van der Waals surface area contributed by atoms with Gasteiger partial charge in [-0.15, -0.1) is 0 Å². The molecule has 1 aliphatic heterocycles. The molecule has 34 heavy (non-hydrogen) atoms. The minimum atomic E-state index is -2.98. The lowest BCUT2D eigenvalue weighted by Gasteiger charge is -2.58. The maximum atomic E-state index is 13.6. The maximum absolute atomic E-state index is 13.6. The van der Waals surface area contributed by atoms with Crippen LogP contribution in [-0.4, -0.2) is 65.6 Å². The fourth-order valence-electron chi connectivity index (χ4n) is 7.76. The number of hydrogen-bond donors (Lipinski definition) is 2. The molecule has 186 valence electrons. The number of carbonyl (C=O) groups is 1. The van der Waals surface area contributed by atoms with Crippen molar-refractivity contribution in [2.45, 2.75) is 81.8 Å². The quantitative estimate of drug-likeness (QED) is 0.669. The molecule has 2 heterocycles. The lowest BCUT2D eigenvalue weighted by Crippen LogP contribution is -2.61. The van der Waals surface area contributed by atoms with Gasteiger partial charge in [0.15, 0.2) is 9.84 Å². The highest BCUT2D eigenvalue weighted by Gasteiger charge is 2.55. The molecular weight excluding hydrogens is 452 g/mol. The van der Waals surface area contributed by atoms with Gasteiger partial charge in [-0.1, -0.05) is 19.3 Å². The van der Waals surface area contributed by atoms with Crippen molar-refractivity contribution in [3.8, 4) is 0 Å². The molecule has 1 saturated heterocycles. The van der Waals surface area contributed by atoms with E-state index in [1.165, 1.54) is 6.42 Å². The average Bonchev–Trinajstić information content (AvgIpc) is 2.80. The lowest BCUT2D eigenvalue weighted by atomic mass is 9.52. The van der Waals surface area contributed by atoms with Crippen LogP contribution in [0.2, 0.25) is 0 Å². The highest BCUT2D eigenvalue weighted by atomic mass is 32.2. The molecule has 7 rings (SSSR count). The van der Waals surface area contributed by atoms with E-state index >= 15 is 0 Å². The summed E-state index contributed by atoms with van der Waals surface area (Å²) in [4.78, 5) is 25.0. The summed E-state index contributed by atoms with van der Waals surface area (Å²) in [5.41, 5.74) is 0.892. The van der Waals surface area contributed by atoms with E-state index in [1.54, 1.807) is 6.20 Å². The van der Waals surface area contributed by atoms with E-state index in [0.29, 0.717) is 42.4 Å². The number of aliphatic hydroxyl groups is 1. The molecule has 2 N–H and O–H groups in total. The molecule has 2 atom stereocenters. The molecule has 5 aliphatic carbocycles. The number of anilines is 1. The Morgan fingerprint density at radius 2 is 1.74 bits per heavy atom. The highest BCUT2D eigenvalue weighted by Crippen LogP contribution is 2.55. The van der Waals surface area contributed by atoms with Gasteiger partial charge in [-0.25, -0.2) is 18.4 Å². The van der Waals surface area contributed by atoms with Gasteiger partial charge >= 0.3 is 0 Å². The van der Waals surface area contributed by atoms with Gasteiger partial charge in [-0.2, -0.15) is 0 Å². The van der Waals surface area contributed by atoms with Crippen LogP contribution in [-0.2, 0) is 9.84 Å². The Balaban J connectivity index is 1.25. The summed E-state index contributed by atoms with van der Waals surface area (Å²) in [6.07, 6.45) is 12.0. The molecule has 2 unspecified atom stereocenters. The number of rotatable bonds is 4. The van der Waals surface area contributed by atoms with Gasteiger partial charge in [0.05, 0.1) is 28.4 Å². The molecule has 0 radical (unpaired) electrons. The first-order valence-electron chi connectivity index (χ1n) is 13.1. The number of carbonyl (C=O) groups excluding carboxylic acids is 1. The second kappa shape index (κ2) is 8.43. The average molecular weight is 489 g/mol. The summed E-state index contributed by atoms with van der Waals surface area (Å²) in [7, 11) is -2.98. The summed E-state index contributed by atoms with van der Waals surface area (Å²) < 4.78 is 23.7. The van der Waals surface area contributed by atoms with E-state index in [-0.39, 0.29) is 29.4 Å². The van der Waals surface area contributed by atoms with Gasteiger partial charge in [-0.05, 0) is 62.7 Å². The fraction of sp³-hybridized carbons (Fsp3) is 0.800. The zero-order chi connectivity index (χ0) is 23.5. The number of sulfone groups is 1. The van der Waals surface area contributed by atoms with Crippen LogP contribution in [0.25, 0.3) is 0 Å². The number of aromatic nitrogens is 2. The van der Waals surface area contributed by atoms with Crippen molar-refractivity contribution in [3.05, 3.63) is 17.5 Å². The van der Waals surface area contributed by atoms with E-state index < -0.39 is 15.4 Å². The van der Waals surface area contributed by atoms with Crippen LogP contribution in [0.5, 0.6) is 0 Å². The van der Waals surface area contributed by atoms with E-state index in [9.17, 15) is 18.3 Å². The van der Waals surface area contributed by atoms with Crippen molar-refractivity contribution >= 4 is 21.7 Å². The van der Waals surface area contributed by atoms with Crippen molar-refractivity contribution in [1.82, 2.24) is 15.3 Å². The molecule has 1 amide bonds. The first-order valence-corrected chi connectivity index (χ1v) is 15.0. The minimum Gasteiger partial charge on any atom is -0.390 e. The second-order valence-corrected chi connectivity index (χ2v) is 13.9. The topological polar surface area (TPSA) is 112 Å². The zero-order valence-corrected chi connectivity index (χ0v) is 20.6. The Morgan fingerprint density at radius 1 is 1.06 bits per heavy atom. The maximum Gasteiger partial charge on any atom is 0.254 e. The molecule has 6 aliphatic rings. The molecular formula is C25H36N4O4S. The van der Waals surface area contributed by atoms with Gasteiger partial charge in [0.2, 0.25) is 5.95 Å². The Hall–Kier alpha value is -1.74. The summed E-state index contributed by atoms with van der Waals surface area (Å²) in [6, 6.07) is 0.121. The first kappa shape index (κ1) is 22.7. The largest absolute Gasteiger partial charge is 0.390 e. The summed E-state index contributed by atoms with van der Waals surface area (Å²) in [6.45, 7) is 0.793. The smallest absolute Gasteiger partial charge is 0.254 e. The van der Waals surface area contributed by atoms with Gasteiger partial charge < -0.3 is 15.3 Å². The van der Waals surface area contributed by atoms with Gasteiger partial charge in [-0.3, -0.25) is 4.79 Å². The lowest BCUT2D eigenvalue weighted by molar-refractivity contribution is -0.136. The van der Waals surface area contributed by atoms with Gasteiger partial charge in [0.1, 0.15) is 0 Å².